The molecule has 2 aliphatic heterocycles. The summed E-state index contributed by atoms with van der Waals surface area (Å²) in [4.78, 5) is 20.4. The zero-order valence-electron chi connectivity index (χ0n) is 23.2. The number of anilines is 2. The van der Waals surface area contributed by atoms with Crippen LogP contribution in [0.1, 0.15) is 37.1 Å². The summed E-state index contributed by atoms with van der Waals surface area (Å²) in [6.07, 6.45) is 5.54. The molecule has 9 nitrogen and oxygen atoms in total. The first-order valence-electron chi connectivity index (χ1n) is 13.3. The Kier molecular flexibility index (Phi) is 11.9. The molecule has 0 saturated carbocycles. The van der Waals surface area contributed by atoms with Crippen molar-refractivity contribution in [1.29, 1.82) is 0 Å². The van der Waals surface area contributed by atoms with Crippen LogP contribution in [0.3, 0.4) is 0 Å². The Morgan fingerprint density at radius 1 is 1.16 bits per heavy atom. The summed E-state index contributed by atoms with van der Waals surface area (Å²) in [6.45, 7) is 12.2. The van der Waals surface area contributed by atoms with Gasteiger partial charge in [-0.05, 0) is 51.1 Å². The van der Waals surface area contributed by atoms with Gasteiger partial charge in [-0.3, -0.25) is 4.90 Å². The summed E-state index contributed by atoms with van der Waals surface area (Å²) in [7, 11) is 1.57. The number of hydrogen-bond acceptors (Lipinski definition) is 11. The molecular weight excluding hydrogens is 520 g/mol. The molecule has 5 rings (SSSR count). The molecule has 0 radical (unpaired) electrons. The fourth-order valence-electron chi connectivity index (χ4n) is 4.73. The minimum atomic E-state index is 0.284. The van der Waals surface area contributed by atoms with Crippen molar-refractivity contribution >= 4 is 45.8 Å². The van der Waals surface area contributed by atoms with E-state index < -0.39 is 0 Å². The number of methoxy groups -OCH3 is 1. The number of pyridine rings is 1. The van der Waals surface area contributed by atoms with Crippen molar-refractivity contribution in [2.24, 2.45) is 5.92 Å². The van der Waals surface area contributed by atoms with Crippen LogP contribution < -0.4 is 15.4 Å². The van der Waals surface area contributed by atoms with E-state index in [1.54, 1.807) is 30.9 Å². The first-order valence-corrected chi connectivity index (χ1v) is 15.0. The van der Waals surface area contributed by atoms with Crippen molar-refractivity contribution in [3.05, 3.63) is 22.7 Å². The summed E-state index contributed by atoms with van der Waals surface area (Å²) in [5.41, 5.74) is 10.7. The van der Waals surface area contributed by atoms with Gasteiger partial charge < -0.3 is 25.2 Å². The highest BCUT2D eigenvalue weighted by Crippen LogP contribution is 2.39. The molecule has 0 bridgehead atoms. The lowest BCUT2D eigenvalue weighted by Gasteiger charge is -2.31. The Hall–Kier alpha value is -2.18. The normalized spacial score (nSPS) is 16.4. The number of aryl methyl sites for hydroxylation is 1. The number of hydrogen-bond donors (Lipinski definition) is 3. The molecule has 0 aromatic carbocycles. The largest absolute Gasteiger partial charge is 0.480 e. The number of aromatic nitrogens is 3. The minimum absolute atomic E-state index is 0.284. The van der Waals surface area contributed by atoms with Crippen molar-refractivity contribution in [3.8, 4) is 17.1 Å². The SMILES string of the molecule is CC.COc1ncc(-c2nc(N3CCOCC3)nc3c(CN4CCC(CO)CC4)c(C)sc23)cc1N.CS. The third-order valence-corrected chi connectivity index (χ3v) is 7.95. The molecule has 0 aliphatic carbocycles. The van der Waals surface area contributed by atoms with Crippen LogP contribution in [0.15, 0.2) is 12.3 Å². The van der Waals surface area contributed by atoms with Gasteiger partial charge in [-0.1, -0.05) is 13.8 Å². The number of morpholine rings is 1. The zero-order chi connectivity index (χ0) is 27.7. The molecule has 210 valence electrons. The van der Waals surface area contributed by atoms with Gasteiger partial charge in [0.1, 0.15) is 0 Å². The van der Waals surface area contributed by atoms with Gasteiger partial charge in [0.15, 0.2) is 0 Å². The number of thiol groups is 1. The molecule has 0 unspecified atom stereocenters. The van der Waals surface area contributed by atoms with E-state index in [1.807, 2.05) is 19.9 Å². The number of aliphatic hydroxyl groups is 1. The van der Waals surface area contributed by atoms with Crippen LogP contribution >= 0.6 is 24.0 Å². The number of nitrogen functional groups attached to an aromatic ring is 1. The fraction of sp³-hybridized carbons (Fsp3) is 0.593. The molecule has 2 saturated heterocycles. The molecule has 5 heterocycles. The molecule has 3 N–H and O–H groups in total. The minimum Gasteiger partial charge on any atom is -0.480 e. The lowest BCUT2D eigenvalue weighted by molar-refractivity contribution is 0.122. The number of fused-ring (bicyclic) bond motifs is 1. The lowest BCUT2D eigenvalue weighted by atomic mass is 9.97. The quantitative estimate of drug-likeness (QED) is 0.380. The maximum Gasteiger partial charge on any atom is 0.236 e. The Morgan fingerprint density at radius 2 is 1.84 bits per heavy atom. The highest BCUT2D eigenvalue weighted by atomic mass is 32.1. The fourth-order valence-corrected chi connectivity index (χ4v) is 5.84. The van der Waals surface area contributed by atoms with Gasteiger partial charge in [0, 0.05) is 48.4 Å². The van der Waals surface area contributed by atoms with Crippen molar-refractivity contribution in [2.75, 3.05) is 70.0 Å². The number of aliphatic hydroxyl groups excluding tert-OH is 1. The van der Waals surface area contributed by atoms with Crippen LogP contribution in [-0.4, -0.2) is 84.3 Å². The standard InChI is InChI=1S/C24H32N6O3S.C2H6.CH4S/c1-15-18(13-29-5-3-16(14-31)4-6-29)21-22(34-15)20(17-11-19(25)23(32-2)26-12-17)27-24(28-21)30-7-9-33-10-8-30;2*1-2/h11-12,16,31H,3-10,13-14,25H2,1-2H3;1-2H3;2H,1H3. The lowest BCUT2D eigenvalue weighted by Crippen LogP contribution is -2.37. The predicted molar refractivity (Wildman–Crippen MR) is 161 cm³/mol. The molecule has 2 aliphatic rings. The van der Waals surface area contributed by atoms with Gasteiger partial charge in [-0.2, -0.15) is 12.6 Å². The number of nitrogens with two attached hydrogens (primary N) is 1. The van der Waals surface area contributed by atoms with E-state index in [2.05, 4.69) is 34.3 Å². The van der Waals surface area contributed by atoms with Crippen molar-refractivity contribution in [2.45, 2.75) is 40.2 Å². The maximum atomic E-state index is 9.50. The van der Waals surface area contributed by atoms with Crippen LogP contribution in [0.2, 0.25) is 0 Å². The second-order valence-electron chi connectivity index (χ2n) is 9.01. The number of ether oxygens (including phenoxy) is 2. The summed E-state index contributed by atoms with van der Waals surface area (Å²) >= 11 is 5.26. The van der Waals surface area contributed by atoms with Gasteiger partial charge in [0.2, 0.25) is 11.8 Å². The second-order valence-corrected chi connectivity index (χ2v) is 10.2. The highest BCUT2D eigenvalue weighted by Gasteiger charge is 2.25. The van der Waals surface area contributed by atoms with E-state index in [9.17, 15) is 5.11 Å². The summed E-state index contributed by atoms with van der Waals surface area (Å²) < 4.78 is 11.9. The second kappa shape index (κ2) is 14.8. The molecule has 2 fully saturated rings. The highest BCUT2D eigenvalue weighted by molar-refractivity contribution is 7.79. The molecule has 0 atom stereocenters. The number of piperidine rings is 1. The van der Waals surface area contributed by atoms with Gasteiger partial charge in [0.25, 0.3) is 0 Å². The van der Waals surface area contributed by atoms with Crippen molar-refractivity contribution in [3.63, 3.8) is 0 Å². The van der Waals surface area contributed by atoms with Gasteiger partial charge in [-0.15, -0.1) is 11.3 Å². The van der Waals surface area contributed by atoms with Crippen LogP contribution in [0.5, 0.6) is 5.88 Å². The van der Waals surface area contributed by atoms with Crippen LogP contribution in [0.25, 0.3) is 21.5 Å². The van der Waals surface area contributed by atoms with Crippen LogP contribution in [0.4, 0.5) is 11.6 Å². The van der Waals surface area contributed by atoms with E-state index in [1.165, 1.54) is 10.4 Å². The molecule has 0 spiro atoms. The Labute approximate surface area is 235 Å². The van der Waals surface area contributed by atoms with Gasteiger partial charge >= 0.3 is 0 Å². The number of thiophene rings is 1. The summed E-state index contributed by atoms with van der Waals surface area (Å²) in [5, 5.41) is 9.50. The van der Waals surface area contributed by atoms with E-state index >= 15 is 0 Å². The van der Waals surface area contributed by atoms with Gasteiger partial charge in [-0.25, -0.2) is 15.0 Å². The van der Waals surface area contributed by atoms with Crippen molar-refractivity contribution in [1.82, 2.24) is 19.9 Å². The molecular formula is C27H42N6O3S2. The van der Waals surface area contributed by atoms with E-state index in [0.717, 1.165) is 73.0 Å². The van der Waals surface area contributed by atoms with E-state index in [0.29, 0.717) is 30.7 Å². The monoisotopic (exact) mass is 562 g/mol. The molecule has 3 aromatic rings. The summed E-state index contributed by atoms with van der Waals surface area (Å²) in [6, 6.07) is 1.88. The predicted octanol–water partition coefficient (Wildman–Crippen LogP) is 4.27. The summed E-state index contributed by atoms with van der Waals surface area (Å²) in [5.74, 6) is 1.56. The molecule has 11 heteroatoms. The van der Waals surface area contributed by atoms with E-state index in [-0.39, 0.29) is 6.61 Å². The van der Waals surface area contributed by atoms with Gasteiger partial charge in [0.05, 0.1) is 41.9 Å². The Balaban J connectivity index is 0.000000956. The van der Waals surface area contributed by atoms with Crippen molar-refractivity contribution < 1.29 is 14.6 Å². The van der Waals surface area contributed by atoms with Crippen LogP contribution in [-0.2, 0) is 11.3 Å². The average Bonchev–Trinajstić information content (AvgIpc) is 3.30. The Bertz CT molecular complexity index is 1160. The van der Waals surface area contributed by atoms with Crippen LogP contribution in [0, 0.1) is 12.8 Å². The molecule has 0 amide bonds. The number of rotatable bonds is 6. The molecule has 3 aromatic heterocycles. The Morgan fingerprint density at radius 3 is 2.45 bits per heavy atom. The first-order chi connectivity index (χ1) is 18.6. The third-order valence-electron chi connectivity index (χ3n) is 6.81. The van der Waals surface area contributed by atoms with E-state index in [4.69, 9.17) is 25.2 Å². The number of likely N-dealkylation sites (tertiary alicyclic amines) is 1. The number of nitrogens with zero attached hydrogens (tertiary/aromatic N) is 5. The first kappa shape index (κ1) is 30.4. The molecule has 38 heavy (non-hydrogen) atoms. The zero-order valence-corrected chi connectivity index (χ0v) is 24.9. The average molecular weight is 563 g/mol. The third kappa shape index (κ3) is 6.87. The maximum absolute atomic E-state index is 9.50. The smallest absolute Gasteiger partial charge is 0.236 e. The topological polar surface area (TPSA) is 110 Å².